The maximum atomic E-state index is 10.7. The number of rotatable bonds is 8. The Morgan fingerprint density at radius 2 is 1.31 bits per heavy atom. The van der Waals surface area contributed by atoms with Crippen LogP contribution in [-0.4, -0.2) is 51.1 Å². The molecule has 0 atom stereocenters. The van der Waals surface area contributed by atoms with Gasteiger partial charge in [-0.15, -0.1) is 0 Å². The number of aldehydes is 1. The number of pyridine rings is 2. The van der Waals surface area contributed by atoms with Crippen LogP contribution in [0.2, 0.25) is 0 Å². The molecule has 0 aliphatic rings. The van der Waals surface area contributed by atoms with E-state index in [1.165, 1.54) is 19.3 Å². The van der Waals surface area contributed by atoms with Crippen LogP contribution in [0.4, 0.5) is 0 Å². The van der Waals surface area contributed by atoms with Gasteiger partial charge in [-0.3, -0.25) is 23.8 Å². The van der Waals surface area contributed by atoms with Crippen molar-refractivity contribution in [1.82, 2.24) is 9.97 Å². The molecule has 16 heteroatoms. The highest BCUT2D eigenvalue weighted by molar-refractivity contribution is 7.46. The van der Waals surface area contributed by atoms with Gasteiger partial charge in [-0.05, 0) is 13.8 Å². The minimum absolute atomic E-state index is 0.0825. The highest BCUT2D eigenvalue weighted by Gasteiger charge is 2.18. The minimum atomic E-state index is -4.61. The predicted octanol–water partition coefficient (Wildman–Crippen LogP) is 0.715. The molecule has 2 aromatic heterocycles. The summed E-state index contributed by atoms with van der Waals surface area (Å²) >= 11 is 0. The zero-order valence-electron chi connectivity index (χ0n) is 16.8. The first-order valence-electron chi connectivity index (χ1n) is 8.50. The van der Waals surface area contributed by atoms with Crippen molar-refractivity contribution in [3.8, 4) is 11.5 Å². The molecule has 0 bridgehead atoms. The number of hydrogen-bond donors (Lipinski definition) is 7. The van der Waals surface area contributed by atoms with Gasteiger partial charge in [0.05, 0.1) is 36.8 Å². The largest absolute Gasteiger partial charge is 0.506 e. The molecule has 7 N–H and O–H groups in total. The molecule has 0 aromatic carbocycles. The van der Waals surface area contributed by atoms with E-state index in [2.05, 4.69) is 19.0 Å². The van der Waals surface area contributed by atoms with Gasteiger partial charge in [-0.2, -0.15) is 0 Å². The number of phosphoric acid groups is 2. The smallest absolute Gasteiger partial charge is 0.469 e. The van der Waals surface area contributed by atoms with Crippen LogP contribution in [0, 0.1) is 13.8 Å². The molecule has 2 heterocycles. The molecule has 14 nitrogen and oxygen atoms in total. The second-order valence-electron chi connectivity index (χ2n) is 6.13. The number of carbonyl (C=O) groups is 1. The van der Waals surface area contributed by atoms with E-state index < -0.39 is 35.5 Å². The van der Waals surface area contributed by atoms with E-state index in [9.17, 15) is 24.1 Å². The normalized spacial score (nSPS) is 11.6. The van der Waals surface area contributed by atoms with Crippen LogP contribution in [0.25, 0.3) is 0 Å². The Labute approximate surface area is 181 Å². The van der Waals surface area contributed by atoms with Crippen molar-refractivity contribution in [2.75, 3.05) is 0 Å². The lowest BCUT2D eigenvalue weighted by Crippen LogP contribution is -2.00. The number of hydrogen-bond acceptors (Lipinski definition) is 10. The Morgan fingerprint density at radius 1 is 0.875 bits per heavy atom. The molecule has 0 saturated carbocycles. The van der Waals surface area contributed by atoms with E-state index in [4.69, 9.17) is 24.7 Å². The average molecular weight is 496 g/mol. The van der Waals surface area contributed by atoms with E-state index in [0.717, 1.165) is 0 Å². The van der Waals surface area contributed by atoms with Crippen molar-refractivity contribution in [3.63, 3.8) is 0 Å². The van der Waals surface area contributed by atoms with Crippen molar-refractivity contribution < 1.29 is 57.9 Å². The number of carbonyl (C=O) groups excluding carboxylic acids is 1. The molecule has 0 unspecified atom stereocenters. The summed E-state index contributed by atoms with van der Waals surface area (Å²) in [6.07, 6.45) is 2.88. The highest BCUT2D eigenvalue weighted by atomic mass is 31.2. The van der Waals surface area contributed by atoms with Crippen molar-refractivity contribution in [3.05, 3.63) is 46.0 Å². The van der Waals surface area contributed by atoms with Crippen molar-refractivity contribution in [1.29, 1.82) is 0 Å². The number of aromatic nitrogens is 2. The maximum absolute atomic E-state index is 10.7. The third kappa shape index (κ3) is 8.71. The number of aryl methyl sites for hydroxylation is 2. The zero-order valence-corrected chi connectivity index (χ0v) is 18.6. The molecule has 32 heavy (non-hydrogen) atoms. The Kier molecular flexibility index (Phi) is 10.0. The molecule has 0 aliphatic carbocycles. The molecule has 0 spiro atoms. The Balaban J connectivity index is 0.000000320. The Bertz CT molecular complexity index is 1050. The lowest BCUT2D eigenvalue weighted by atomic mass is 10.1. The van der Waals surface area contributed by atoms with E-state index in [1.54, 1.807) is 6.92 Å². The third-order valence-electron chi connectivity index (χ3n) is 3.84. The molecule has 0 radical (unpaired) electrons. The molecule has 2 aromatic rings. The first-order valence-corrected chi connectivity index (χ1v) is 11.6. The summed E-state index contributed by atoms with van der Waals surface area (Å²) in [4.78, 5) is 52.2. The van der Waals surface area contributed by atoms with Gasteiger partial charge in [0.1, 0.15) is 11.5 Å². The van der Waals surface area contributed by atoms with E-state index in [-0.39, 0.29) is 39.4 Å². The standard InChI is InChI=1S/C8H12NO6P.C8H10NO6P/c2*1-5-8(11)7(3-10)6(2-9-5)4-15-16(12,13)14/h2,10-11H,3-4H2,1H3,(H2,12,13,14);2-3,11H,4H2,1H3,(H2,12,13,14). The third-order valence-corrected chi connectivity index (χ3v) is 4.77. The lowest BCUT2D eigenvalue weighted by Gasteiger charge is -2.11. The van der Waals surface area contributed by atoms with Crippen molar-refractivity contribution in [2.45, 2.75) is 33.7 Å². The summed E-state index contributed by atoms with van der Waals surface area (Å²) in [5, 5.41) is 28.0. The van der Waals surface area contributed by atoms with E-state index in [1.807, 2.05) is 0 Å². The highest BCUT2D eigenvalue weighted by Crippen LogP contribution is 2.38. The fourth-order valence-electron chi connectivity index (χ4n) is 2.19. The molecule has 0 aliphatic heterocycles. The maximum Gasteiger partial charge on any atom is 0.469 e. The molecular formula is C16H22N2O12P2. The van der Waals surface area contributed by atoms with Gasteiger partial charge < -0.3 is 34.9 Å². The summed E-state index contributed by atoms with van der Waals surface area (Å²) in [6, 6.07) is 0. The summed E-state index contributed by atoms with van der Waals surface area (Å²) in [5.41, 5.74) is 0.989. The second-order valence-corrected chi connectivity index (χ2v) is 8.61. The topological polar surface area (TPSA) is 237 Å². The lowest BCUT2D eigenvalue weighted by molar-refractivity contribution is 0.111. The molecule has 178 valence electrons. The molecule has 2 rings (SSSR count). The average Bonchev–Trinajstić information content (AvgIpc) is 2.69. The van der Waals surface area contributed by atoms with E-state index >= 15 is 0 Å². The van der Waals surface area contributed by atoms with Gasteiger partial charge in [0.25, 0.3) is 0 Å². The molecule has 0 amide bonds. The van der Waals surface area contributed by atoms with Crippen LogP contribution in [0.3, 0.4) is 0 Å². The number of nitrogens with zero attached hydrogens (tertiary/aromatic N) is 2. The first-order chi connectivity index (χ1) is 14.7. The van der Waals surface area contributed by atoms with E-state index in [0.29, 0.717) is 12.0 Å². The quantitative estimate of drug-likeness (QED) is 0.197. The number of aromatic hydroxyl groups is 2. The van der Waals surface area contributed by atoms with Crippen LogP contribution in [0.5, 0.6) is 11.5 Å². The first kappa shape index (κ1) is 27.8. The number of phosphoric ester groups is 2. The van der Waals surface area contributed by atoms with Crippen molar-refractivity contribution >= 4 is 21.9 Å². The van der Waals surface area contributed by atoms with Gasteiger partial charge >= 0.3 is 15.6 Å². The Morgan fingerprint density at radius 3 is 1.75 bits per heavy atom. The molecule has 0 saturated heterocycles. The van der Waals surface area contributed by atoms with Gasteiger partial charge in [-0.25, -0.2) is 9.13 Å². The van der Waals surface area contributed by atoms with Crippen LogP contribution in [0.15, 0.2) is 12.4 Å². The van der Waals surface area contributed by atoms with Gasteiger partial charge in [0.2, 0.25) is 0 Å². The zero-order chi connectivity index (χ0) is 24.7. The second kappa shape index (κ2) is 11.6. The van der Waals surface area contributed by atoms with Crippen molar-refractivity contribution in [2.24, 2.45) is 0 Å². The SMILES string of the molecule is Cc1ncc(COP(=O)(O)O)c(C=O)c1O.Cc1ncc(COP(=O)(O)O)c(CO)c1O. The summed E-state index contributed by atoms with van der Waals surface area (Å²) in [7, 11) is -9.19. The Hall–Kier alpha value is -2.25. The van der Waals surface area contributed by atoms with Gasteiger partial charge in [0.15, 0.2) is 6.29 Å². The summed E-state index contributed by atoms with van der Waals surface area (Å²) < 4.78 is 29.4. The van der Waals surface area contributed by atoms with Gasteiger partial charge in [-0.1, -0.05) is 0 Å². The molecule has 0 fully saturated rings. The minimum Gasteiger partial charge on any atom is -0.506 e. The fourth-order valence-corrected chi connectivity index (χ4v) is 2.81. The van der Waals surface area contributed by atoms with Gasteiger partial charge in [0, 0.05) is 29.1 Å². The summed E-state index contributed by atoms with van der Waals surface area (Å²) in [5.74, 6) is -0.517. The van der Waals surface area contributed by atoms with Crippen LogP contribution in [-0.2, 0) is 38.0 Å². The fraction of sp³-hybridized carbons (Fsp3) is 0.312. The van der Waals surface area contributed by atoms with Crippen LogP contribution >= 0.6 is 15.6 Å². The predicted molar refractivity (Wildman–Crippen MR) is 106 cm³/mol. The monoisotopic (exact) mass is 496 g/mol. The van der Waals surface area contributed by atoms with Crippen LogP contribution < -0.4 is 0 Å². The number of aliphatic hydroxyl groups excluding tert-OH is 1. The number of aliphatic hydroxyl groups is 1. The van der Waals surface area contributed by atoms with Crippen LogP contribution in [0.1, 0.15) is 38.4 Å². The summed E-state index contributed by atoms with van der Waals surface area (Å²) in [6.45, 7) is 1.65. The molecular weight excluding hydrogens is 474 g/mol.